The number of hydrogen-bond acceptors (Lipinski definition) is 8. The van der Waals surface area contributed by atoms with Crippen LogP contribution in [0.1, 0.15) is 64.0 Å². The summed E-state index contributed by atoms with van der Waals surface area (Å²) in [5, 5.41) is 2.64. The first-order valence-electron chi connectivity index (χ1n) is 16.3. The van der Waals surface area contributed by atoms with Gasteiger partial charge in [0.2, 0.25) is 0 Å². The van der Waals surface area contributed by atoms with Gasteiger partial charge in [-0.05, 0) is 43.4 Å². The molecule has 1 amide bonds. The quantitative estimate of drug-likeness (QED) is 0.162. The molecule has 49 heavy (non-hydrogen) atoms. The number of aromatic amines is 1. The summed E-state index contributed by atoms with van der Waals surface area (Å²) >= 11 is 0. The lowest BCUT2D eigenvalue weighted by molar-refractivity contribution is -0.159. The third-order valence-corrected chi connectivity index (χ3v) is 8.21. The van der Waals surface area contributed by atoms with E-state index in [0.29, 0.717) is 0 Å². The molecule has 1 aliphatic heterocycles. The van der Waals surface area contributed by atoms with Crippen molar-refractivity contribution >= 4 is 12.1 Å². The van der Waals surface area contributed by atoms with Crippen LogP contribution in [0.3, 0.4) is 0 Å². The van der Waals surface area contributed by atoms with Crippen molar-refractivity contribution in [2.45, 2.75) is 76.7 Å². The van der Waals surface area contributed by atoms with Gasteiger partial charge in [0.25, 0.3) is 5.56 Å². The van der Waals surface area contributed by atoms with Crippen molar-refractivity contribution in [1.82, 2.24) is 14.9 Å². The van der Waals surface area contributed by atoms with Crippen LogP contribution < -0.4 is 16.6 Å². The third kappa shape index (κ3) is 8.36. The molecule has 1 fully saturated rings. The molecule has 1 unspecified atom stereocenters. The van der Waals surface area contributed by atoms with E-state index in [1.165, 1.54) is 16.8 Å². The molecule has 4 aromatic rings. The van der Waals surface area contributed by atoms with Gasteiger partial charge in [0.1, 0.15) is 35.7 Å². The first-order chi connectivity index (χ1) is 23.4. The summed E-state index contributed by atoms with van der Waals surface area (Å²) < 4.78 is 26.1. The molecule has 3 aromatic carbocycles. The Balaban J connectivity index is 1.50. The van der Waals surface area contributed by atoms with Crippen molar-refractivity contribution in [3.05, 3.63) is 141 Å². The normalized spacial score (nSPS) is 18.5. The average Bonchev–Trinajstić information content (AvgIpc) is 3.46. The summed E-state index contributed by atoms with van der Waals surface area (Å²) in [6, 6.07) is 29.6. The smallest absolute Gasteiger partial charge is 0.408 e. The molecule has 0 saturated carbocycles. The van der Waals surface area contributed by atoms with Gasteiger partial charge < -0.3 is 24.3 Å². The number of ether oxygens (including phenoxy) is 4. The summed E-state index contributed by atoms with van der Waals surface area (Å²) in [5.74, 6) is -1.02. The highest BCUT2D eigenvalue weighted by atomic mass is 16.6. The highest BCUT2D eigenvalue weighted by Gasteiger charge is 2.44. The third-order valence-electron chi connectivity index (χ3n) is 8.21. The molecule has 0 radical (unpaired) electrons. The fraction of sp³-hybridized carbons (Fsp3) is 0.368. The lowest BCUT2D eigenvalue weighted by Crippen LogP contribution is -2.48. The number of alkyl carbamates (subject to hydrolysis) is 1. The molecule has 2 N–H and O–H groups in total. The topological polar surface area (TPSA) is 138 Å². The fourth-order valence-corrected chi connectivity index (χ4v) is 5.93. The van der Waals surface area contributed by atoms with E-state index in [-0.39, 0.29) is 18.9 Å². The molecule has 258 valence electrons. The number of H-pyrrole nitrogens is 1. The van der Waals surface area contributed by atoms with E-state index in [4.69, 9.17) is 18.9 Å². The van der Waals surface area contributed by atoms with E-state index in [1.54, 1.807) is 34.6 Å². The zero-order chi connectivity index (χ0) is 35.2. The van der Waals surface area contributed by atoms with E-state index in [0.717, 1.165) is 16.7 Å². The number of amides is 1. The lowest BCUT2D eigenvalue weighted by atomic mass is 9.80. The van der Waals surface area contributed by atoms with Crippen LogP contribution in [-0.4, -0.2) is 52.1 Å². The van der Waals surface area contributed by atoms with Crippen LogP contribution in [0.15, 0.2) is 113 Å². The first-order valence-corrected chi connectivity index (χ1v) is 16.3. The Morgan fingerprint density at radius 3 is 1.88 bits per heavy atom. The number of aromatic nitrogens is 2. The van der Waals surface area contributed by atoms with Crippen LogP contribution >= 0.6 is 0 Å². The molecular weight excluding hydrogens is 626 g/mol. The van der Waals surface area contributed by atoms with Crippen molar-refractivity contribution in [2.24, 2.45) is 5.92 Å². The summed E-state index contributed by atoms with van der Waals surface area (Å²) in [5.41, 5.74) is -0.461. The van der Waals surface area contributed by atoms with Gasteiger partial charge in [-0.15, -0.1) is 0 Å². The van der Waals surface area contributed by atoms with Crippen molar-refractivity contribution in [3.63, 3.8) is 0 Å². The molecule has 0 aliphatic carbocycles. The number of nitrogens with zero attached hydrogens (tertiary/aromatic N) is 1. The maximum atomic E-state index is 13.7. The summed E-state index contributed by atoms with van der Waals surface area (Å²) in [7, 11) is 0. The molecule has 1 aliphatic rings. The van der Waals surface area contributed by atoms with E-state index in [1.807, 2.05) is 91.0 Å². The molecule has 0 spiro atoms. The van der Waals surface area contributed by atoms with Crippen LogP contribution in [0.4, 0.5) is 4.79 Å². The minimum atomic E-state index is -1.09. The average molecular weight is 670 g/mol. The second-order valence-electron chi connectivity index (χ2n) is 13.3. The van der Waals surface area contributed by atoms with Crippen molar-refractivity contribution in [3.8, 4) is 0 Å². The number of benzene rings is 3. The highest BCUT2D eigenvalue weighted by Crippen LogP contribution is 2.42. The van der Waals surface area contributed by atoms with Gasteiger partial charge >= 0.3 is 17.8 Å². The molecule has 1 saturated heterocycles. The Labute approximate surface area is 285 Å². The van der Waals surface area contributed by atoms with Crippen molar-refractivity contribution < 1.29 is 28.5 Å². The second kappa shape index (κ2) is 15.0. The van der Waals surface area contributed by atoms with E-state index >= 15 is 0 Å². The summed E-state index contributed by atoms with van der Waals surface area (Å²) in [6.45, 7) is 8.70. The molecule has 1 aromatic heterocycles. The predicted molar refractivity (Wildman–Crippen MR) is 183 cm³/mol. The minimum Gasteiger partial charge on any atom is -0.458 e. The maximum Gasteiger partial charge on any atom is 0.408 e. The Bertz CT molecular complexity index is 1720. The number of nitrogens with one attached hydrogen (secondary N) is 2. The zero-order valence-electron chi connectivity index (χ0n) is 28.3. The number of esters is 1. The van der Waals surface area contributed by atoms with Gasteiger partial charge in [-0.2, -0.15) is 0 Å². The minimum absolute atomic E-state index is 0.0585. The van der Waals surface area contributed by atoms with Gasteiger partial charge in [0, 0.05) is 18.7 Å². The van der Waals surface area contributed by atoms with Gasteiger partial charge in [-0.25, -0.2) is 14.4 Å². The SMILES string of the molecule is CC(C)[C@@H](NC(=O)OC(C)(C)C)C(=O)OC1C[C@H](n2ccc(=O)[nH]c2=O)O[C@@H]1COC(c1ccccc1)(c1ccccc1)c1ccccc1. The monoisotopic (exact) mass is 669 g/mol. The zero-order valence-corrected chi connectivity index (χ0v) is 28.3. The number of carbonyl (C=O) groups excluding carboxylic acids is 2. The van der Waals surface area contributed by atoms with Gasteiger partial charge in [-0.3, -0.25) is 14.3 Å². The van der Waals surface area contributed by atoms with Gasteiger partial charge in [0.15, 0.2) is 0 Å². The largest absolute Gasteiger partial charge is 0.458 e. The van der Waals surface area contributed by atoms with Gasteiger partial charge in [0.05, 0.1) is 6.61 Å². The number of rotatable bonds is 11. The van der Waals surface area contributed by atoms with E-state index < -0.39 is 59.0 Å². The van der Waals surface area contributed by atoms with Crippen LogP contribution in [0.2, 0.25) is 0 Å². The molecule has 5 rings (SSSR count). The van der Waals surface area contributed by atoms with Crippen LogP contribution in [0.25, 0.3) is 0 Å². The number of hydrogen-bond donors (Lipinski definition) is 2. The first kappa shape index (κ1) is 35.3. The molecule has 4 atom stereocenters. The number of carbonyl (C=O) groups is 2. The van der Waals surface area contributed by atoms with Crippen LogP contribution in [0.5, 0.6) is 0 Å². The molecule has 11 nitrogen and oxygen atoms in total. The Morgan fingerprint density at radius 1 is 0.878 bits per heavy atom. The molecule has 11 heteroatoms. The maximum absolute atomic E-state index is 13.7. The van der Waals surface area contributed by atoms with E-state index in [9.17, 15) is 19.2 Å². The van der Waals surface area contributed by atoms with Crippen molar-refractivity contribution in [1.29, 1.82) is 0 Å². The predicted octanol–water partition coefficient (Wildman–Crippen LogP) is 5.29. The Hall–Kier alpha value is -5.00. The molecular formula is C38H43N3O8. The fourth-order valence-electron chi connectivity index (χ4n) is 5.93. The molecule has 0 bridgehead atoms. The summed E-state index contributed by atoms with van der Waals surface area (Å²) in [4.78, 5) is 53.2. The van der Waals surface area contributed by atoms with Crippen LogP contribution in [0, 0.1) is 5.92 Å². The van der Waals surface area contributed by atoms with Crippen molar-refractivity contribution in [2.75, 3.05) is 6.61 Å². The summed E-state index contributed by atoms with van der Waals surface area (Å²) in [6.07, 6.45) is -1.95. The lowest BCUT2D eigenvalue weighted by Gasteiger charge is -2.37. The Morgan fingerprint density at radius 2 is 1.41 bits per heavy atom. The standard InChI is InChI=1S/C38H43N3O8/c1-25(2)33(40-36(45)49-37(3,4)5)34(43)48-29-23-32(41-22-21-31(42)39-35(41)44)47-30(29)24-46-38(26-15-9-6-10-16-26,27-17-11-7-12-18-27)28-19-13-8-14-20-28/h6-22,25,29-30,32-33H,23-24H2,1-5H3,(H,40,45)(H,39,42,44)/t29?,30-,32-,33-/m1/s1. The van der Waals surface area contributed by atoms with E-state index in [2.05, 4.69) is 10.3 Å². The molecule has 2 heterocycles. The Kier molecular flexibility index (Phi) is 10.8. The second-order valence-corrected chi connectivity index (χ2v) is 13.3. The highest BCUT2D eigenvalue weighted by molar-refractivity contribution is 5.81. The van der Waals surface area contributed by atoms with Gasteiger partial charge in [-0.1, -0.05) is 105 Å². The van der Waals surface area contributed by atoms with Crippen LogP contribution in [-0.2, 0) is 29.3 Å².